The number of ether oxygens (including phenoxy) is 1. The van der Waals surface area contributed by atoms with E-state index in [1.807, 2.05) is 18.4 Å². The summed E-state index contributed by atoms with van der Waals surface area (Å²) in [6.07, 6.45) is 3.37. The predicted molar refractivity (Wildman–Crippen MR) is 137 cm³/mol. The van der Waals surface area contributed by atoms with Gasteiger partial charge in [0.1, 0.15) is 0 Å². The highest BCUT2D eigenvalue weighted by molar-refractivity contribution is 7.89. The van der Waals surface area contributed by atoms with Gasteiger partial charge >= 0.3 is 5.97 Å². The SMILES string of the molecule is C=CCn1c(=NC(=O)c2ccc(S(=O)(=O)N(CC)CCCC)cc2)sc2cc(C(=O)OC)ccc21. The van der Waals surface area contributed by atoms with E-state index in [0.29, 0.717) is 30.0 Å². The quantitative estimate of drug-likeness (QED) is 0.297. The number of carbonyl (C=O) groups is 2. The first kappa shape index (κ1) is 26.5. The third-order valence-electron chi connectivity index (χ3n) is 5.47. The fraction of sp³-hybridized carbons (Fsp3) is 0.320. The molecule has 2 aromatic carbocycles. The van der Waals surface area contributed by atoms with Crippen molar-refractivity contribution in [2.45, 2.75) is 38.1 Å². The topological polar surface area (TPSA) is 98.0 Å². The first-order chi connectivity index (χ1) is 16.8. The molecule has 0 atom stereocenters. The molecule has 0 saturated carbocycles. The van der Waals surface area contributed by atoms with E-state index in [4.69, 9.17) is 4.74 Å². The van der Waals surface area contributed by atoms with Gasteiger partial charge in [0.2, 0.25) is 10.0 Å². The number of benzene rings is 2. The number of esters is 1. The third kappa shape index (κ3) is 5.77. The molecule has 0 fully saturated rings. The van der Waals surface area contributed by atoms with Crippen molar-refractivity contribution in [2.24, 2.45) is 4.99 Å². The summed E-state index contributed by atoms with van der Waals surface area (Å²) in [7, 11) is -2.31. The summed E-state index contributed by atoms with van der Waals surface area (Å²) in [5, 5.41) is 0. The number of unbranched alkanes of at least 4 members (excludes halogenated alkanes) is 1. The Balaban J connectivity index is 1.96. The number of hydrogen-bond acceptors (Lipinski definition) is 6. The van der Waals surface area contributed by atoms with Crippen molar-refractivity contribution in [2.75, 3.05) is 20.2 Å². The van der Waals surface area contributed by atoms with Crippen LogP contribution in [0.25, 0.3) is 10.2 Å². The van der Waals surface area contributed by atoms with Gasteiger partial charge in [-0.15, -0.1) is 6.58 Å². The van der Waals surface area contributed by atoms with Crippen LogP contribution in [0.3, 0.4) is 0 Å². The van der Waals surface area contributed by atoms with Gasteiger partial charge in [0.05, 0.1) is 27.8 Å². The molecule has 10 heteroatoms. The zero-order valence-electron chi connectivity index (χ0n) is 20.1. The largest absolute Gasteiger partial charge is 0.465 e. The average molecular weight is 516 g/mol. The zero-order valence-corrected chi connectivity index (χ0v) is 21.7. The lowest BCUT2D eigenvalue weighted by atomic mass is 10.2. The summed E-state index contributed by atoms with van der Waals surface area (Å²) in [4.78, 5) is 29.7. The van der Waals surface area contributed by atoms with E-state index < -0.39 is 21.9 Å². The summed E-state index contributed by atoms with van der Waals surface area (Å²) < 4.78 is 34.7. The van der Waals surface area contributed by atoms with E-state index in [2.05, 4.69) is 11.6 Å². The van der Waals surface area contributed by atoms with E-state index in [9.17, 15) is 18.0 Å². The van der Waals surface area contributed by atoms with Crippen molar-refractivity contribution >= 4 is 43.5 Å². The van der Waals surface area contributed by atoms with E-state index in [0.717, 1.165) is 23.1 Å². The molecule has 0 aliphatic carbocycles. The van der Waals surface area contributed by atoms with Gasteiger partial charge in [0.15, 0.2) is 4.80 Å². The Bertz CT molecular complexity index is 1400. The van der Waals surface area contributed by atoms with Crippen molar-refractivity contribution < 1.29 is 22.7 Å². The maximum atomic E-state index is 12.9. The lowest BCUT2D eigenvalue weighted by molar-refractivity contribution is 0.0600. The standard InChI is InChI=1S/C25H29N3O5S2/c1-5-8-16-27(7-3)35(31,32)20-12-9-18(10-13-20)23(29)26-25-28(15-6-2)21-14-11-19(24(30)33-4)17-22(21)34-25/h6,9-14,17H,2,5,7-8,15-16H2,1,3-4H3. The molecule has 0 N–H and O–H groups in total. The molecule has 0 saturated heterocycles. The number of nitrogens with zero attached hydrogens (tertiary/aromatic N) is 3. The zero-order chi connectivity index (χ0) is 25.6. The average Bonchev–Trinajstić information content (AvgIpc) is 3.20. The maximum absolute atomic E-state index is 12.9. The smallest absolute Gasteiger partial charge is 0.337 e. The molecular weight excluding hydrogens is 486 g/mol. The van der Waals surface area contributed by atoms with Crippen LogP contribution in [0.1, 0.15) is 47.4 Å². The Kier molecular flexibility index (Phi) is 8.76. The second-order valence-electron chi connectivity index (χ2n) is 7.75. The van der Waals surface area contributed by atoms with Crippen LogP contribution in [0.15, 0.2) is 65.0 Å². The highest BCUT2D eigenvalue weighted by Gasteiger charge is 2.22. The van der Waals surface area contributed by atoms with Crippen LogP contribution in [-0.2, 0) is 21.3 Å². The Hall–Kier alpha value is -3.08. The fourth-order valence-electron chi connectivity index (χ4n) is 3.56. The van der Waals surface area contributed by atoms with Crippen LogP contribution in [0.5, 0.6) is 0 Å². The molecule has 1 aromatic heterocycles. The van der Waals surface area contributed by atoms with Crippen LogP contribution in [-0.4, -0.2) is 49.4 Å². The lowest BCUT2D eigenvalue weighted by Crippen LogP contribution is -2.31. The number of allylic oxidation sites excluding steroid dienone is 1. The number of fused-ring (bicyclic) bond motifs is 1. The highest BCUT2D eigenvalue weighted by Crippen LogP contribution is 2.21. The van der Waals surface area contributed by atoms with Crippen molar-refractivity contribution in [1.29, 1.82) is 0 Å². The van der Waals surface area contributed by atoms with E-state index in [1.54, 1.807) is 24.3 Å². The summed E-state index contributed by atoms with van der Waals surface area (Å²) in [6, 6.07) is 11.0. The number of rotatable bonds is 10. The molecule has 0 unspecified atom stereocenters. The molecule has 0 spiro atoms. The van der Waals surface area contributed by atoms with Crippen molar-refractivity contribution in [3.63, 3.8) is 0 Å². The normalized spacial score (nSPS) is 12.3. The minimum absolute atomic E-state index is 0.144. The van der Waals surface area contributed by atoms with Crippen LogP contribution in [0, 0.1) is 0 Å². The monoisotopic (exact) mass is 515 g/mol. The van der Waals surface area contributed by atoms with Gasteiger partial charge in [0, 0.05) is 25.2 Å². The Morgan fingerprint density at radius 1 is 1.14 bits per heavy atom. The maximum Gasteiger partial charge on any atom is 0.337 e. The predicted octanol–water partition coefficient (Wildman–Crippen LogP) is 4.23. The van der Waals surface area contributed by atoms with Gasteiger partial charge in [-0.1, -0.05) is 37.7 Å². The van der Waals surface area contributed by atoms with Crippen LogP contribution in [0.2, 0.25) is 0 Å². The number of methoxy groups -OCH3 is 1. The molecule has 0 radical (unpaired) electrons. The minimum atomic E-state index is -3.63. The number of thiazole rings is 1. The van der Waals surface area contributed by atoms with Crippen LogP contribution in [0.4, 0.5) is 0 Å². The summed E-state index contributed by atoms with van der Waals surface area (Å²) >= 11 is 1.27. The molecule has 186 valence electrons. The Labute approximate surface area is 209 Å². The van der Waals surface area contributed by atoms with Crippen molar-refractivity contribution in [3.8, 4) is 0 Å². The van der Waals surface area contributed by atoms with E-state index >= 15 is 0 Å². The number of amides is 1. The Morgan fingerprint density at radius 2 is 1.83 bits per heavy atom. The van der Waals surface area contributed by atoms with Crippen LogP contribution < -0.4 is 4.80 Å². The van der Waals surface area contributed by atoms with E-state index in [-0.39, 0.29) is 10.5 Å². The second-order valence-corrected chi connectivity index (χ2v) is 10.7. The first-order valence-corrected chi connectivity index (χ1v) is 13.5. The molecule has 3 rings (SSSR count). The number of sulfonamides is 1. The summed E-state index contributed by atoms with van der Waals surface area (Å²) in [6.45, 7) is 8.85. The minimum Gasteiger partial charge on any atom is -0.465 e. The van der Waals surface area contributed by atoms with Gasteiger partial charge in [-0.3, -0.25) is 4.79 Å². The van der Waals surface area contributed by atoms with Crippen molar-refractivity contribution in [1.82, 2.24) is 8.87 Å². The summed E-state index contributed by atoms with van der Waals surface area (Å²) in [5.41, 5.74) is 1.49. The van der Waals surface area contributed by atoms with Gasteiger partial charge in [0.25, 0.3) is 5.91 Å². The molecule has 8 nitrogen and oxygen atoms in total. The molecule has 35 heavy (non-hydrogen) atoms. The van der Waals surface area contributed by atoms with Crippen LogP contribution >= 0.6 is 11.3 Å². The number of hydrogen-bond donors (Lipinski definition) is 0. The lowest BCUT2D eigenvalue weighted by Gasteiger charge is -2.20. The van der Waals surface area contributed by atoms with Gasteiger partial charge < -0.3 is 9.30 Å². The first-order valence-electron chi connectivity index (χ1n) is 11.3. The number of carbonyl (C=O) groups excluding carboxylic acids is 2. The molecular formula is C25H29N3O5S2. The van der Waals surface area contributed by atoms with E-state index in [1.165, 1.54) is 47.0 Å². The Morgan fingerprint density at radius 3 is 2.43 bits per heavy atom. The highest BCUT2D eigenvalue weighted by atomic mass is 32.2. The molecule has 1 heterocycles. The van der Waals surface area contributed by atoms with Gasteiger partial charge in [-0.25, -0.2) is 13.2 Å². The molecule has 1 amide bonds. The molecule has 3 aromatic rings. The third-order valence-corrected chi connectivity index (χ3v) is 8.50. The summed E-state index contributed by atoms with van der Waals surface area (Å²) in [5.74, 6) is -0.943. The molecule has 0 aliphatic heterocycles. The van der Waals surface area contributed by atoms with Gasteiger partial charge in [-0.05, 0) is 48.9 Å². The van der Waals surface area contributed by atoms with Gasteiger partial charge in [-0.2, -0.15) is 9.30 Å². The fourth-order valence-corrected chi connectivity index (χ4v) is 6.13. The number of aromatic nitrogens is 1. The van der Waals surface area contributed by atoms with Crippen molar-refractivity contribution in [3.05, 3.63) is 71.0 Å². The molecule has 0 bridgehead atoms. The molecule has 0 aliphatic rings. The second kappa shape index (κ2) is 11.6.